The van der Waals surface area contributed by atoms with Crippen molar-refractivity contribution in [3.8, 4) is 0 Å². The highest BCUT2D eigenvalue weighted by molar-refractivity contribution is 4.87. The van der Waals surface area contributed by atoms with Crippen molar-refractivity contribution < 1.29 is 0 Å². The molecule has 2 bridgehead atoms. The van der Waals surface area contributed by atoms with E-state index in [0.29, 0.717) is 0 Å². The van der Waals surface area contributed by atoms with Gasteiger partial charge >= 0.3 is 0 Å². The highest BCUT2D eigenvalue weighted by atomic mass is 14.9. The topological polar surface area (TPSA) is 12.0 Å². The molecule has 0 aromatic rings. The fraction of sp³-hybridized carbons (Fsp3) is 1.00. The third kappa shape index (κ3) is 2.13. The molecular weight excluding hydrogens is 170 g/mol. The maximum Gasteiger partial charge on any atom is 0.00695 e. The standard InChI is InChI=1S/C13H25N/c1-3-14-10(2)13-9-6-11-4-7-12(13)8-5-11/h10-14H,3-9H2,1-2H3. The van der Waals surface area contributed by atoms with E-state index in [9.17, 15) is 0 Å². The maximum absolute atomic E-state index is 3.63. The van der Waals surface area contributed by atoms with Gasteiger partial charge in [0.1, 0.15) is 0 Å². The Bertz CT molecular complexity index is 170. The third-order valence-electron chi connectivity index (χ3n) is 4.57. The number of fused-ring (bicyclic) bond motifs is 4. The molecule has 0 spiro atoms. The molecule has 2 unspecified atom stereocenters. The van der Waals surface area contributed by atoms with E-state index in [1.54, 1.807) is 0 Å². The highest BCUT2D eigenvalue weighted by Crippen LogP contribution is 2.43. The molecule has 1 N–H and O–H groups in total. The van der Waals surface area contributed by atoms with Gasteiger partial charge in [-0.1, -0.05) is 26.2 Å². The molecule has 0 aliphatic heterocycles. The van der Waals surface area contributed by atoms with Crippen LogP contribution in [0, 0.1) is 17.8 Å². The van der Waals surface area contributed by atoms with Crippen LogP contribution in [-0.2, 0) is 0 Å². The number of hydrogen-bond donors (Lipinski definition) is 1. The minimum absolute atomic E-state index is 0.752. The van der Waals surface area contributed by atoms with Crippen molar-refractivity contribution in [2.45, 2.75) is 58.4 Å². The molecule has 14 heavy (non-hydrogen) atoms. The van der Waals surface area contributed by atoms with Crippen LogP contribution in [0.1, 0.15) is 52.4 Å². The van der Waals surface area contributed by atoms with Gasteiger partial charge in [0.2, 0.25) is 0 Å². The molecule has 3 saturated carbocycles. The summed E-state index contributed by atoms with van der Waals surface area (Å²) in [5.74, 6) is 3.11. The van der Waals surface area contributed by atoms with Gasteiger partial charge in [-0.05, 0) is 50.5 Å². The molecule has 0 radical (unpaired) electrons. The van der Waals surface area contributed by atoms with Crippen LogP contribution in [0.4, 0.5) is 0 Å². The maximum atomic E-state index is 3.63. The molecule has 0 heterocycles. The Labute approximate surface area is 88.7 Å². The predicted octanol–water partition coefficient (Wildman–Crippen LogP) is 3.20. The van der Waals surface area contributed by atoms with Crippen molar-refractivity contribution in [3.05, 3.63) is 0 Å². The van der Waals surface area contributed by atoms with E-state index in [4.69, 9.17) is 0 Å². The smallest absolute Gasteiger partial charge is 0.00695 e. The number of rotatable bonds is 3. The summed E-state index contributed by atoms with van der Waals surface area (Å²) in [5.41, 5.74) is 0. The van der Waals surface area contributed by atoms with Gasteiger partial charge in [-0.15, -0.1) is 0 Å². The Morgan fingerprint density at radius 2 is 1.71 bits per heavy atom. The largest absolute Gasteiger partial charge is 0.314 e. The van der Waals surface area contributed by atoms with E-state index in [2.05, 4.69) is 19.2 Å². The quantitative estimate of drug-likeness (QED) is 0.729. The average Bonchev–Trinajstić information content (AvgIpc) is 2.51. The van der Waals surface area contributed by atoms with Crippen molar-refractivity contribution in [3.63, 3.8) is 0 Å². The summed E-state index contributed by atoms with van der Waals surface area (Å²) in [5, 5.41) is 3.63. The molecule has 3 aliphatic carbocycles. The molecule has 1 heteroatoms. The van der Waals surface area contributed by atoms with Gasteiger partial charge < -0.3 is 5.32 Å². The van der Waals surface area contributed by atoms with Crippen LogP contribution in [0.25, 0.3) is 0 Å². The molecule has 82 valence electrons. The second-order valence-corrected chi connectivity index (χ2v) is 5.37. The molecular formula is C13H25N. The lowest BCUT2D eigenvalue weighted by Crippen LogP contribution is -2.37. The lowest BCUT2D eigenvalue weighted by molar-refractivity contribution is 0.218. The van der Waals surface area contributed by atoms with Crippen molar-refractivity contribution in [1.82, 2.24) is 5.32 Å². The second kappa shape index (κ2) is 4.65. The van der Waals surface area contributed by atoms with E-state index in [1.807, 2.05) is 0 Å². The van der Waals surface area contributed by atoms with Crippen molar-refractivity contribution in [2.24, 2.45) is 17.8 Å². The van der Waals surface area contributed by atoms with Crippen LogP contribution >= 0.6 is 0 Å². The van der Waals surface area contributed by atoms with Gasteiger partial charge in [0.05, 0.1) is 0 Å². The van der Waals surface area contributed by atoms with Crippen LogP contribution in [0.2, 0.25) is 0 Å². The van der Waals surface area contributed by atoms with E-state index >= 15 is 0 Å². The molecule has 0 saturated heterocycles. The summed E-state index contributed by atoms with van der Waals surface area (Å²) in [4.78, 5) is 0. The zero-order valence-corrected chi connectivity index (χ0v) is 9.76. The predicted molar refractivity (Wildman–Crippen MR) is 61.3 cm³/mol. The first-order valence-electron chi connectivity index (χ1n) is 6.54. The summed E-state index contributed by atoms with van der Waals surface area (Å²) in [6.45, 7) is 5.76. The summed E-state index contributed by atoms with van der Waals surface area (Å²) in [6, 6.07) is 0.752. The van der Waals surface area contributed by atoms with E-state index < -0.39 is 0 Å². The zero-order chi connectivity index (χ0) is 9.97. The summed E-state index contributed by atoms with van der Waals surface area (Å²) < 4.78 is 0. The minimum Gasteiger partial charge on any atom is -0.314 e. The zero-order valence-electron chi connectivity index (χ0n) is 9.76. The fourth-order valence-corrected chi connectivity index (χ4v) is 3.70. The first-order chi connectivity index (χ1) is 6.81. The summed E-state index contributed by atoms with van der Waals surface area (Å²) in [7, 11) is 0. The average molecular weight is 195 g/mol. The van der Waals surface area contributed by atoms with Gasteiger partial charge in [0.25, 0.3) is 0 Å². The Hall–Kier alpha value is -0.0400. The Morgan fingerprint density at radius 1 is 1.07 bits per heavy atom. The van der Waals surface area contributed by atoms with Crippen molar-refractivity contribution in [2.75, 3.05) is 6.54 Å². The van der Waals surface area contributed by atoms with Crippen LogP contribution < -0.4 is 5.32 Å². The Kier molecular flexibility index (Phi) is 3.48. The minimum atomic E-state index is 0.752. The third-order valence-corrected chi connectivity index (χ3v) is 4.57. The molecule has 0 aromatic heterocycles. The van der Waals surface area contributed by atoms with E-state index in [1.165, 1.54) is 38.5 Å². The van der Waals surface area contributed by atoms with Gasteiger partial charge in [0, 0.05) is 6.04 Å². The van der Waals surface area contributed by atoms with Crippen LogP contribution in [0.5, 0.6) is 0 Å². The van der Waals surface area contributed by atoms with Gasteiger partial charge in [0.15, 0.2) is 0 Å². The van der Waals surface area contributed by atoms with Crippen LogP contribution in [0.15, 0.2) is 0 Å². The highest BCUT2D eigenvalue weighted by Gasteiger charge is 2.34. The van der Waals surface area contributed by atoms with E-state index in [0.717, 1.165) is 30.3 Å². The number of hydrogen-bond acceptors (Lipinski definition) is 1. The SMILES string of the molecule is CCNC(C)C1CCC2CCC1CC2. The summed E-state index contributed by atoms with van der Waals surface area (Å²) in [6.07, 6.45) is 9.09. The van der Waals surface area contributed by atoms with Crippen LogP contribution in [-0.4, -0.2) is 12.6 Å². The molecule has 1 nitrogen and oxygen atoms in total. The van der Waals surface area contributed by atoms with Crippen LogP contribution in [0.3, 0.4) is 0 Å². The Balaban J connectivity index is 1.96. The molecule has 0 aromatic carbocycles. The monoisotopic (exact) mass is 195 g/mol. The first kappa shape index (κ1) is 10.5. The van der Waals surface area contributed by atoms with Crippen molar-refractivity contribution in [1.29, 1.82) is 0 Å². The first-order valence-corrected chi connectivity index (χ1v) is 6.54. The molecule has 3 fully saturated rings. The lowest BCUT2D eigenvalue weighted by Gasteiger charge is -2.31. The van der Waals surface area contributed by atoms with Crippen molar-refractivity contribution >= 4 is 0 Å². The molecule has 3 aliphatic rings. The lowest BCUT2D eigenvalue weighted by atomic mass is 9.78. The molecule has 3 rings (SSSR count). The fourth-order valence-electron chi connectivity index (χ4n) is 3.70. The Morgan fingerprint density at radius 3 is 2.36 bits per heavy atom. The van der Waals surface area contributed by atoms with Gasteiger partial charge in [-0.3, -0.25) is 0 Å². The summed E-state index contributed by atoms with van der Waals surface area (Å²) >= 11 is 0. The van der Waals surface area contributed by atoms with Gasteiger partial charge in [-0.25, -0.2) is 0 Å². The molecule has 2 atom stereocenters. The number of nitrogens with one attached hydrogen (secondary N) is 1. The van der Waals surface area contributed by atoms with Gasteiger partial charge in [-0.2, -0.15) is 0 Å². The normalized spacial score (nSPS) is 39.4. The second-order valence-electron chi connectivity index (χ2n) is 5.37. The van der Waals surface area contributed by atoms with E-state index in [-0.39, 0.29) is 0 Å². The molecule has 0 amide bonds.